The number of benzene rings is 2. The number of nitrogens with zero attached hydrogens (tertiary/aromatic N) is 1. The van der Waals surface area contributed by atoms with Gasteiger partial charge in [-0.2, -0.15) is 0 Å². The number of amides is 2. The maximum Gasteiger partial charge on any atom is 0.319 e. The Balaban J connectivity index is 1.57. The van der Waals surface area contributed by atoms with Crippen LogP contribution in [0.25, 0.3) is 0 Å². The molecule has 36 heavy (non-hydrogen) atoms. The number of fused-ring (bicyclic) bond motifs is 1. The largest absolute Gasteiger partial charge is 0.505 e. The van der Waals surface area contributed by atoms with E-state index in [1.165, 1.54) is 36.1 Å². The first-order valence-corrected chi connectivity index (χ1v) is 11.1. The number of halogens is 1. The predicted octanol–water partition coefficient (Wildman–Crippen LogP) is 3.33. The standard InChI is InChI=1S/C24H22ClN3O8/c1-34-18-8-14(9-19-22(18)36-12-35-19)16(10-20(30)31)26-24(33)27-21-17(29)6-7-28(23(21)32)11-13-4-2-3-5-15(13)25/h2-9,16,29H,10-12H2,1H3,(H,30,31)(H2,26,27,33)/t16-/m0/s1. The summed E-state index contributed by atoms with van der Waals surface area (Å²) in [6.07, 6.45) is 0.893. The molecule has 0 radical (unpaired) electrons. The van der Waals surface area contributed by atoms with Gasteiger partial charge in [-0.1, -0.05) is 29.8 Å². The molecule has 2 heterocycles. The minimum absolute atomic E-state index is 0.0274. The minimum atomic E-state index is -1.18. The Bertz CT molecular complexity index is 1370. The fourth-order valence-electron chi connectivity index (χ4n) is 3.70. The Hall–Kier alpha value is -4.38. The molecule has 1 aliphatic heterocycles. The molecule has 0 unspecified atom stereocenters. The van der Waals surface area contributed by atoms with Crippen molar-refractivity contribution in [1.29, 1.82) is 0 Å². The Morgan fingerprint density at radius 3 is 2.72 bits per heavy atom. The smallest absolute Gasteiger partial charge is 0.319 e. The van der Waals surface area contributed by atoms with Crippen LogP contribution < -0.4 is 30.4 Å². The molecule has 1 aromatic heterocycles. The molecule has 4 rings (SSSR count). The van der Waals surface area contributed by atoms with Crippen molar-refractivity contribution in [2.45, 2.75) is 19.0 Å². The number of carbonyl (C=O) groups excluding carboxylic acids is 1. The number of pyridine rings is 1. The second-order valence-corrected chi connectivity index (χ2v) is 8.21. The number of methoxy groups -OCH3 is 1. The first-order chi connectivity index (χ1) is 17.3. The molecule has 2 amide bonds. The number of anilines is 1. The number of aliphatic carboxylic acids is 1. The number of hydrogen-bond donors (Lipinski definition) is 4. The van der Waals surface area contributed by atoms with Gasteiger partial charge in [0.05, 0.1) is 26.1 Å². The summed E-state index contributed by atoms with van der Waals surface area (Å²) in [5.41, 5.74) is -0.00769. The van der Waals surface area contributed by atoms with Crippen LogP contribution in [0.15, 0.2) is 53.5 Å². The van der Waals surface area contributed by atoms with Gasteiger partial charge >= 0.3 is 12.0 Å². The van der Waals surface area contributed by atoms with Crippen LogP contribution in [0.1, 0.15) is 23.6 Å². The Labute approximate surface area is 209 Å². The third-order valence-electron chi connectivity index (χ3n) is 5.45. The van der Waals surface area contributed by atoms with Crippen LogP contribution in [0, 0.1) is 0 Å². The second kappa shape index (κ2) is 10.5. The van der Waals surface area contributed by atoms with Gasteiger partial charge in [-0.3, -0.25) is 9.59 Å². The molecular weight excluding hydrogens is 494 g/mol. The molecule has 0 saturated heterocycles. The summed E-state index contributed by atoms with van der Waals surface area (Å²) < 4.78 is 17.3. The van der Waals surface area contributed by atoms with Crippen LogP contribution in [-0.2, 0) is 11.3 Å². The molecule has 2 aromatic carbocycles. The van der Waals surface area contributed by atoms with E-state index < -0.39 is 35.8 Å². The van der Waals surface area contributed by atoms with Crippen molar-refractivity contribution in [1.82, 2.24) is 9.88 Å². The lowest BCUT2D eigenvalue weighted by atomic mass is 10.0. The normalized spacial score (nSPS) is 12.6. The molecule has 3 aromatic rings. The number of carbonyl (C=O) groups is 2. The first-order valence-electron chi connectivity index (χ1n) is 10.7. The number of aromatic hydroxyl groups is 1. The van der Waals surface area contributed by atoms with Crippen LogP contribution in [0.5, 0.6) is 23.0 Å². The van der Waals surface area contributed by atoms with Crippen molar-refractivity contribution in [2.75, 3.05) is 19.2 Å². The van der Waals surface area contributed by atoms with Gasteiger partial charge in [-0.25, -0.2) is 4.79 Å². The highest BCUT2D eigenvalue weighted by Gasteiger charge is 2.26. The van der Waals surface area contributed by atoms with Gasteiger partial charge in [-0.15, -0.1) is 0 Å². The van der Waals surface area contributed by atoms with Crippen LogP contribution in [0.3, 0.4) is 0 Å². The van der Waals surface area contributed by atoms with E-state index >= 15 is 0 Å². The summed E-state index contributed by atoms with van der Waals surface area (Å²) in [7, 11) is 1.42. The topological polar surface area (TPSA) is 148 Å². The van der Waals surface area contributed by atoms with Crippen molar-refractivity contribution in [2.24, 2.45) is 0 Å². The highest BCUT2D eigenvalue weighted by molar-refractivity contribution is 6.31. The summed E-state index contributed by atoms with van der Waals surface area (Å²) in [5, 5.41) is 24.9. The molecule has 0 bridgehead atoms. The highest BCUT2D eigenvalue weighted by Crippen LogP contribution is 2.43. The zero-order chi connectivity index (χ0) is 25.8. The summed E-state index contributed by atoms with van der Waals surface area (Å²) in [5.74, 6) is -0.620. The fraction of sp³-hybridized carbons (Fsp3) is 0.208. The summed E-state index contributed by atoms with van der Waals surface area (Å²) in [6, 6.07) is 9.35. The van der Waals surface area contributed by atoms with E-state index in [1.807, 2.05) is 0 Å². The number of nitrogens with one attached hydrogen (secondary N) is 2. The molecule has 1 atom stereocenters. The number of hydrogen-bond acceptors (Lipinski definition) is 7. The van der Waals surface area contributed by atoms with Crippen molar-refractivity contribution in [3.05, 3.63) is 75.2 Å². The molecule has 0 saturated carbocycles. The second-order valence-electron chi connectivity index (χ2n) is 7.81. The number of carboxylic acids is 1. The minimum Gasteiger partial charge on any atom is -0.505 e. The average Bonchev–Trinajstić information content (AvgIpc) is 3.32. The van der Waals surface area contributed by atoms with Gasteiger partial charge in [-0.05, 0) is 35.4 Å². The van der Waals surface area contributed by atoms with E-state index in [0.29, 0.717) is 33.4 Å². The fourth-order valence-corrected chi connectivity index (χ4v) is 3.90. The molecule has 0 aliphatic carbocycles. The van der Waals surface area contributed by atoms with Crippen LogP contribution in [0.4, 0.5) is 10.5 Å². The molecular formula is C24H22ClN3O8. The summed E-state index contributed by atoms with van der Waals surface area (Å²) in [6.45, 7) is 0.0775. The zero-order valence-corrected chi connectivity index (χ0v) is 19.7. The maximum absolute atomic E-state index is 13.0. The summed E-state index contributed by atoms with van der Waals surface area (Å²) in [4.78, 5) is 37.3. The van der Waals surface area contributed by atoms with Crippen LogP contribution in [-0.4, -0.2) is 40.7 Å². The molecule has 0 spiro atoms. The van der Waals surface area contributed by atoms with Gasteiger partial charge < -0.3 is 39.6 Å². The lowest BCUT2D eigenvalue weighted by molar-refractivity contribution is -0.137. The molecule has 4 N–H and O–H groups in total. The number of rotatable bonds is 8. The Kier molecular flexibility index (Phi) is 7.20. The van der Waals surface area contributed by atoms with Gasteiger partial charge in [0.25, 0.3) is 5.56 Å². The highest BCUT2D eigenvalue weighted by atomic mass is 35.5. The van der Waals surface area contributed by atoms with Crippen molar-refractivity contribution in [3.8, 4) is 23.0 Å². The number of ether oxygens (including phenoxy) is 3. The Morgan fingerprint density at radius 1 is 1.22 bits per heavy atom. The molecule has 12 heteroatoms. The molecule has 0 fully saturated rings. The lowest BCUT2D eigenvalue weighted by Gasteiger charge is -2.19. The zero-order valence-electron chi connectivity index (χ0n) is 19.0. The quantitative estimate of drug-likeness (QED) is 0.357. The van der Waals surface area contributed by atoms with E-state index in [-0.39, 0.29) is 19.0 Å². The van der Waals surface area contributed by atoms with Gasteiger partial charge in [0.1, 0.15) is 5.75 Å². The van der Waals surface area contributed by atoms with Gasteiger partial charge in [0.15, 0.2) is 17.2 Å². The first kappa shape index (κ1) is 24.7. The third-order valence-corrected chi connectivity index (χ3v) is 5.82. The molecule has 1 aliphatic rings. The third kappa shape index (κ3) is 5.31. The number of urea groups is 1. The van der Waals surface area contributed by atoms with E-state index in [9.17, 15) is 24.6 Å². The van der Waals surface area contributed by atoms with Crippen molar-refractivity contribution >= 4 is 29.3 Å². The summed E-state index contributed by atoms with van der Waals surface area (Å²) >= 11 is 6.18. The predicted molar refractivity (Wildman–Crippen MR) is 129 cm³/mol. The molecule has 188 valence electrons. The SMILES string of the molecule is COc1cc([C@H](CC(=O)O)NC(=O)Nc2c(O)ccn(Cc3ccccc3Cl)c2=O)cc2c1OCO2. The number of carboxylic acid groups (broad SMARTS) is 1. The van der Waals surface area contributed by atoms with E-state index in [4.69, 9.17) is 25.8 Å². The van der Waals surface area contributed by atoms with E-state index in [2.05, 4.69) is 10.6 Å². The van der Waals surface area contributed by atoms with Gasteiger partial charge in [0, 0.05) is 11.2 Å². The van der Waals surface area contributed by atoms with Crippen LogP contribution >= 0.6 is 11.6 Å². The number of aromatic nitrogens is 1. The molecule has 11 nitrogen and oxygen atoms in total. The average molecular weight is 516 g/mol. The lowest BCUT2D eigenvalue weighted by Crippen LogP contribution is -2.36. The van der Waals surface area contributed by atoms with Gasteiger partial charge in [0.2, 0.25) is 12.5 Å². The van der Waals surface area contributed by atoms with E-state index in [0.717, 1.165) is 0 Å². The monoisotopic (exact) mass is 515 g/mol. The van der Waals surface area contributed by atoms with Crippen LogP contribution in [0.2, 0.25) is 5.02 Å². The van der Waals surface area contributed by atoms with Crippen molar-refractivity contribution in [3.63, 3.8) is 0 Å². The maximum atomic E-state index is 13.0. The van der Waals surface area contributed by atoms with Crippen molar-refractivity contribution < 1.29 is 34.0 Å². The van der Waals surface area contributed by atoms with E-state index in [1.54, 1.807) is 24.3 Å². The Morgan fingerprint density at radius 2 is 2.00 bits per heavy atom.